The molecule has 0 bridgehead atoms. The molecular formula is C24H23NO3. The van der Waals surface area contributed by atoms with Gasteiger partial charge >= 0.3 is 5.97 Å². The number of rotatable bonds is 4. The number of esters is 1. The standard InChI is InChI=1S/C24H23NO3/c1-24(2)14-21-20(22(26)15-24)13-19(25(21)18-11-7-4-8-12-18)16-28-23(27)17-9-5-3-6-10-17/h3-13H,14-16H2,1-2H3. The summed E-state index contributed by atoms with van der Waals surface area (Å²) < 4.78 is 7.65. The van der Waals surface area contributed by atoms with Gasteiger partial charge in [-0.2, -0.15) is 0 Å². The number of nitrogens with zero attached hydrogens (tertiary/aromatic N) is 1. The van der Waals surface area contributed by atoms with Crippen molar-refractivity contribution >= 4 is 11.8 Å². The summed E-state index contributed by atoms with van der Waals surface area (Å²) in [6.07, 6.45) is 1.33. The highest BCUT2D eigenvalue weighted by atomic mass is 16.5. The molecular weight excluding hydrogens is 350 g/mol. The van der Waals surface area contributed by atoms with Crippen LogP contribution in [-0.2, 0) is 17.8 Å². The van der Waals surface area contributed by atoms with Crippen molar-refractivity contribution in [2.75, 3.05) is 0 Å². The minimum atomic E-state index is -0.369. The number of fused-ring (bicyclic) bond motifs is 1. The van der Waals surface area contributed by atoms with E-state index in [0.29, 0.717) is 12.0 Å². The summed E-state index contributed by atoms with van der Waals surface area (Å²) in [5.74, 6) is -0.220. The van der Waals surface area contributed by atoms with Gasteiger partial charge in [0, 0.05) is 23.4 Å². The van der Waals surface area contributed by atoms with Crippen molar-refractivity contribution in [1.82, 2.24) is 4.57 Å². The van der Waals surface area contributed by atoms with Crippen molar-refractivity contribution in [3.05, 3.63) is 89.2 Å². The Morgan fingerprint density at radius 3 is 2.32 bits per heavy atom. The first-order valence-corrected chi connectivity index (χ1v) is 9.49. The molecule has 0 amide bonds. The summed E-state index contributed by atoms with van der Waals surface area (Å²) in [5.41, 5.74) is 3.95. The molecule has 1 heterocycles. The van der Waals surface area contributed by atoms with Crippen LogP contribution in [0, 0.1) is 5.41 Å². The fourth-order valence-electron chi connectivity index (χ4n) is 3.87. The Hall–Kier alpha value is -3.14. The van der Waals surface area contributed by atoms with Gasteiger partial charge in [-0.05, 0) is 42.2 Å². The Kier molecular flexibility index (Phi) is 4.63. The van der Waals surface area contributed by atoms with E-state index in [2.05, 4.69) is 18.4 Å². The summed E-state index contributed by atoms with van der Waals surface area (Å²) in [6.45, 7) is 4.35. The average Bonchev–Trinajstić information content (AvgIpc) is 3.05. The summed E-state index contributed by atoms with van der Waals surface area (Å²) >= 11 is 0. The maximum absolute atomic E-state index is 12.7. The molecule has 0 aliphatic heterocycles. The van der Waals surface area contributed by atoms with Crippen LogP contribution in [0.4, 0.5) is 0 Å². The van der Waals surface area contributed by atoms with Crippen molar-refractivity contribution in [3.63, 3.8) is 0 Å². The lowest BCUT2D eigenvalue weighted by Crippen LogP contribution is -2.27. The van der Waals surface area contributed by atoms with Gasteiger partial charge in [0.15, 0.2) is 5.78 Å². The fourth-order valence-corrected chi connectivity index (χ4v) is 3.87. The monoisotopic (exact) mass is 373 g/mol. The number of ketones is 1. The first kappa shape index (κ1) is 18.2. The van der Waals surface area contributed by atoms with E-state index in [4.69, 9.17) is 4.74 Å². The van der Waals surface area contributed by atoms with Crippen LogP contribution in [0.1, 0.15) is 52.4 Å². The topological polar surface area (TPSA) is 48.3 Å². The Morgan fingerprint density at radius 2 is 1.64 bits per heavy atom. The highest BCUT2D eigenvalue weighted by molar-refractivity contribution is 5.99. The SMILES string of the molecule is CC1(C)CC(=O)c2cc(COC(=O)c3ccccc3)n(-c3ccccc3)c2C1. The van der Waals surface area contributed by atoms with E-state index in [1.165, 1.54) is 0 Å². The first-order chi connectivity index (χ1) is 13.4. The van der Waals surface area contributed by atoms with E-state index in [-0.39, 0.29) is 23.8 Å². The molecule has 4 rings (SSSR count). The highest BCUT2D eigenvalue weighted by Crippen LogP contribution is 2.37. The molecule has 0 saturated carbocycles. The molecule has 1 aliphatic rings. The minimum Gasteiger partial charge on any atom is -0.456 e. The number of ether oxygens (including phenoxy) is 1. The highest BCUT2D eigenvalue weighted by Gasteiger charge is 2.34. The number of hydrogen-bond donors (Lipinski definition) is 0. The molecule has 4 nitrogen and oxygen atoms in total. The largest absolute Gasteiger partial charge is 0.456 e. The van der Waals surface area contributed by atoms with Gasteiger partial charge < -0.3 is 9.30 Å². The lowest BCUT2D eigenvalue weighted by molar-refractivity contribution is 0.0465. The quantitative estimate of drug-likeness (QED) is 0.605. The van der Waals surface area contributed by atoms with Gasteiger partial charge in [0.2, 0.25) is 0 Å². The second kappa shape index (κ2) is 7.12. The van der Waals surface area contributed by atoms with Crippen molar-refractivity contribution in [1.29, 1.82) is 0 Å². The first-order valence-electron chi connectivity index (χ1n) is 9.49. The predicted octanol–water partition coefficient (Wildman–Crippen LogP) is 4.99. The van der Waals surface area contributed by atoms with Crippen LogP contribution in [0.15, 0.2) is 66.7 Å². The Labute approximate surface area is 164 Å². The van der Waals surface area contributed by atoms with Crippen LogP contribution >= 0.6 is 0 Å². The lowest BCUT2D eigenvalue weighted by atomic mass is 9.76. The van der Waals surface area contributed by atoms with Gasteiger partial charge in [-0.3, -0.25) is 4.79 Å². The second-order valence-electron chi connectivity index (χ2n) is 8.05. The van der Waals surface area contributed by atoms with Crippen LogP contribution in [0.25, 0.3) is 5.69 Å². The Morgan fingerprint density at radius 1 is 1.00 bits per heavy atom. The maximum atomic E-state index is 12.7. The van der Waals surface area contributed by atoms with Crippen molar-refractivity contribution in [2.45, 2.75) is 33.3 Å². The van der Waals surface area contributed by atoms with Crippen LogP contribution in [0.2, 0.25) is 0 Å². The molecule has 0 radical (unpaired) electrons. The van der Waals surface area contributed by atoms with E-state index >= 15 is 0 Å². The molecule has 1 aromatic heterocycles. The third kappa shape index (κ3) is 3.50. The van der Waals surface area contributed by atoms with Crippen LogP contribution in [0.3, 0.4) is 0 Å². The molecule has 0 N–H and O–H groups in total. The van der Waals surface area contributed by atoms with Gasteiger partial charge in [-0.15, -0.1) is 0 Å². The number of carbonyl (C=O) groups excluding carboxylic acids is 2. The van der Waals surface area contributed by atoms with E-state index in [9.17, 15) is 9.59 Å². The molecule has 0 atom stereocenters. The number of para-hydroxylation sites is 1. The zero-order valence-corrected chi connectivity index (χ0v) is 16.1. The predicted molar refractivity (Wildman–Crippen MR) is 108 cm³/mol. The molecule has 0 saturated heterocycles. The number of carbonyl (C=O) groups is 2. The molecule has 142 valence electrons. The van der Waals surface area contributed by atoms with Gasteiger partial charge in [0.05, 0.1) is 11.3 Å². The summed E-state index contributed by atoms with van der Waals surface area (Å²) in [6, 6.07) is 20.7. The Balaban J connectivity index is 1.71. The molecule has 0 spiro atoms. The number of benzene rings is 2. The smallest absolute Gasteiger partial charge is 0.338 e. The molecule has 3 aromatic rings. The van der Waals surface area contributed by atoms with E-state index in [1.807, 2.05) is 54.6 Å². The minimum absolute atomic E-state index is 0.0903. The van der Waals surface area contributed by atoms with E-state index in [0.717, 1.165) is 29.1 Å². The molecule has 1 aliphatic carbocycles. The summed E-state index contributed by atoms with van der Waals surface area (Å²) in [7, 11) is 0. The maximum Gasteiger partial charge on any atom is 0.338 e. The van der Waals surface area contributed by atoms with E-state index < -0.39 is 0 Å². The zero-order valence-electron chi connectivity index (χ0n) is 16.1. The molecule has 0 fully saturated rings. The van der Waals surface area contributed by atoms with Gasteiger partial charge in [-0.1, -0.05) is 50.2 Å². The van der Waals surface area contributed by atoms with Gasteiger partial charge in [0.25, 0.3) is 0 Å². The number of aromatic nitrogens is 1. The number of Topliss-reactive ketones (excluding diaryl/α,β-unsaturated/α-hetero) is 1. The molecule has 28 heavy (non-hydrogen) atoms. The van der Waals surface area contributed by atoms with Crippen LogP contribution < -0.4 is 0 Å². The van der Waals surface area contributed by atoms with Crippen molar-refractivity contribution < 1.29 is 14.3 Å². The van der Waals surface area contributed by atoms with Gasteiger partial charge in [-0.25, -0.2) is 4.79 Å². The number of hydrogen-bond acceptors (Lipinski definition) is 3. The van der Waals surface area contributed by atoms with E-state index in [1.54, 1.807) is 12.1 Å². The third-order valence-electron chi connectivity index (χ3n) is 5.14. The zero-order chi connectivity index (χ0) is 19.7. The molecule has 0 unspecified atom stereocenters. The summed E-state index contributed by atoms with van der Waals surface area (Å²) in [4.78, 5) is 25.1. The fraction of sp³-hybridized carbons (Fsp3) is 0.250. The normalized spacial score (nSPS) is 15.1. The van der Waals surface area contributed by atoms with Crippen LogP contribution in [-0.4, -0.2) is 16.3 Å². The lowest BCUT2D eigenvalue weighted by Gasteiger charge is -2.30. The molecule has 2 aromatic carbocycles. The Bertz CT molecular complexity index is 1020. The van der Waals surface area contributed by atoms with Crippen LogP contribution in [0.5, 0.6) is 0 Å². The molecule has 4 heteroatoms. The van der Waals surface area contributed by atoms with Crippen molar-refractivity contribution in [3.8, 4) is 5.69 Å². The average molecular weight is 373 g/mol. The second-order valence-corrected chi connectivity index (χ2v) is 8.05. The summed E-state index contributed by atoms with van der Waals surface area (Å²) in [5, 5.41) is 0. The third-order valence-corrected chi connectivity index (χ3v) is 5.14. The van der Waals surface area contributed by atoms with Gasteiger partial charge in [0.1, 0.15) is 6.61 Å². The van der Waals surface area contributed by atoms with Crippen molar-refractivity contribution in [2.24, 2.45) is 5.41 Å².